The van der Waals surface area contributed by atoms with Crippen LogP contribution < -0.4 is 4.74 Å². The molecule has 0 N–H and O–H groups in total. The quantitative estimate of drug-likeness (QED) is 0.486. The van der Waals surface area contributed by atoms with Crippen LogP contribution in [0.1, 0.15) is 19.8 Å². The number of carbonyl (C=O) groups is 1. The van der Waals surface area contributed by atoms with E-state index in [1.807, 2.05) is 29.2 Å². The normalized spacial score (nSPS) is 15.1. The van der Waals surface area contributed by atoms with Gasteiger partial charge in [0.25, 0.3) is 0 Å². The number of carbonyl (C=O) groups excluding carboxylic acids is 1. The number of ether oxygens (including phenoxy) is 1. The molecule has 0 unspecified atom stereocenters. The van der Waals surface area contributed by atoms with Crippen LogP contribution in [0.5, 0.6) is 5.75 Å². The molecule has 3 heterocycles. The molecule has 0 radical (unpaired) electrons. The lowest BCUT2D eigenvalue weighted by molar-refractivity contribution is -0.129. The smallest absolute Gasteiger partial charge is 0.232 e. The zero-order chi connectivity index (χ0) is 19.5. The van der Waals surface area contributed by atoms with Crippen LogP contribution in [0.2, 0.25) is 0 Å². The zero-order valence-electron chi connectivity index (χ0n) is 16.0. The summed E-state index contributed by atoms with van der Waals surface area (Å²) in [5, 5.41) is 6.10. The van der Waals surface area contributed by atoms with E-state index in [0.717, 1.165) is 53.4 Å². The van der Waals surface area contributed by atoms with E-state index in [1.165, 1.54) is 18.1 Å². The number of hydrogen-bond acceptors (Lipinski definition) is 6. The van der Waals surface area contributed by atoms with Gasteiger partial charge >= 0.3 is 0 Å². The monoisotopic (exact) mass is 397 g/mol. The fourth-order valence-corrected chi connectivity index (χ4v) is 4.19. The summed E-state index contributed by atoms with van der Waals surface area (Å²) in [6, 6.07) is 7.64. The molecule has 2 aromatic heterocycles. The Labute approximate surface area is 168 Å². The van der Waals surface area contributed by atoms with E-state index in [2.05, 4.69) is 22.0 Å². The van der Waals surface area contributed by atoms with Crippen molar-refractivity contribution in [1.82, 2.24) is 24.6 Å². The first-order valence-corrected chi connectivity index (χ1v) is 10.4. The number of nitrogens with zero attached hydrogens (tertiary/aromatic N) is 5. The van der Waals surface area contributed by atoms with Crippen LogP contribution in [-0.2, 0) is 4.79 Å². The van der Waals surface area contributed by atoms with E-state index in [-0.39, 0.29) is 5.91 Å². The second-order valence-electron chi connectivity index (χ2n) is 7.02. The Balaban J connectivity index is 1.51. The Bertz CT molecular complexity index is 964. The van der Waals surface area contributed by atoms with E-state index in [9.17, 15) is 4.79 Å². The summed E-state index contributed by atoms with van der Waals surface area (Å²) >= 11 is 1.45. The van der Waals surface area contributed by atoms with Crippen LogP contribution >= 0.6 is 11.8 Å². The molecule has 0 spiro atoms. The van der Waals surface area contributed by atoms with Crippen molar-refractivity contribution in [2.75, 3.05) is 26.0 Å². The van der Waals surface area contributed by atoms with E-state index in [0.29, 0.717) is 11.7 Å². The highest BCUT2D eigenvalue weighted by atomic mass is 32.2. The van der Waals surface area contributed by atoms with Crippen LogP contribution in [0, 0.1) is 5.92 Å². The molecule has 0 bridgehead atoms. The van der Waals surface area contributed by atoms with Gasteiger partial charge in [0, 0.05) is 13.1 Å². The molecule has 0 saturated carbocycles. The molecule has 3 aromatic rings. The van der Waals surface area contributed by atoms with Crippen molar-refractivity contribution in [3.8, 4) is 11.4 Å². The first-order chi connectivity index (χ1) is 13.7. The molecule has 0 atom stereocenters. The number of fused-ring (bicyclic) bond motifs is 1. The van der Waals surface area contributed by atoms with Gasteiger partial charge in [-0.1, -0.05) is 18.7 Å². The lowest BCUT2D eigenvalue weighted by Gasteiger charge is -2.30. The number of hydrogen-bond donors (Lipinski definition) is 0. The fraction of sp³-hybridized carbons (Fsp3) is 0.400. The molecule has 1 aromatic carbocycles. The average molecular weight is 398 g/mol. The Morgan fingerprint density at radius 2 is 1.96 bits per heavy atom. The number of benzene rings is 1. The minimum Gasteiger partial charge on any atom is -0.497 e. The number of piperidine rings is 1. The molecular formula is C20H23N5O2S. The minimum atomic E-state index is 0.172. The van der Waals surface area contributed by atoms with Gasteiger partial charge < -0.3 is 9.64 Å². The van der Waals surface area contributed by atoms with Crippen molar-refractivity contribution in [3.05, 3.63) is 36.8 Å². The lowest BCUT2D eigenvalue weighted by atomic mass is 9.99. The summed E-state index contributed by atoms with van der Waals surface area (Å²) in [7, 11) is 1.64. The number of aromatic nitrogens is 4. The second-order valence-corrected chi connectivity index (χ2v) is 7.99. The lowest BCUT2D eigenvalue weighted by Crippen LogP contribution is -2.38. The van der Waals surface area contributed by atoms with Gasteiger partial charge in [-0.05, 0) is 43.0 Å². The minimum absolute atomic E-state index is 0.172. The third-order valence-corrected chi connectivity index (χ3v) is 6.10. The van der Waals surface area contributed by atoms with Gasteiger partial charge in [0.1, 0.15) is 17.1 Å². The van der Waals surface area contributed by atoms with Crippen LogP contribution in [0.3, 0.4) is 0 Å². The number of likely N-dealkylation sites (tertiary alicyclic amines) is 1. The molecule has 7 nitrogen and oxygen atoms in total. The zero-order valence-corrected chi connectivity index (χ0v) is 16.9. The molecule has 146 valence electrons. The molecule has 28 heavy (non-hydrogen) atoms. The largest absolute Gasteiger partial charge is 0.497 e. The first kappa shape index (κ1) is 18.7. The third-order valence-electron chi connectivity index (χ3n) is 5.11. The van der Waals surface area contributed by atoms with E-state index in [1.54, 1.807) is 18.0 Å². The summed E-state index contributed by atoms with van der Waals surface area (Å²) in [6.07, 6.45) is 5.46. The van der Waals surface area contributed by atoms with Crippen molar-refractivity contribution in [2.45, 2.75) is 24.8 Å². The molecule has 1 aliphatic rings. The van der Waals surface area contributed by atoms with Crippen molar-refractivity contribution < 1.29 is 9.53 Å². The van der Waals surface area contributed by atoms with Gasteiger partial charge in [-0.3, -0.25) is 4.79 Å². The standard InChI is InChI=1S/C20H23N5O2S/c1-14-7-9-24(10-8-14)18(26)12-28-20-17-11-23-25(19(17)21-13-22-20)15-3-5-16(27-2)6-4-15/h3-6,11,13-14H,7-10,12H2,1-2H3. The van der Waals surface area contributed by atoms with Crippen LogP contribution in [0.4, 0.5) is 0 Å². The fourth-order valence-electron chi connectivity index (χ4n) is 3.33. The van der Waals surface area contributed by atoms with Gasteiger partial charge in [-0.2, -0.15) is 5.10 Å². The van der Waals surface area contributed by atoms with Crippen molar-refractivity contribution in [1.29, 1.82) is 0 Å². The van der Waals surface area contributed by atoms with E-state index >= 15 is 0 Å². The molecule has 4 rings (SSSR count). The molecule has 8 heteroatoms. The van der Waals surface area contributed by atoms with Crippen molar-refractivity contribution >= 4 is 28.7 Å². The van der Waals surface area contributed by atoms with Gasteiger partial charge in [0.2, 0.25) is 5.91 Å². The van der Waals surface area contributed by atoms with Crippen LogP contribution in [-0.4, -0.2) is 56.5 Å². The summed E-state index contributed by atoms with van der Waals surface area (Å²) in [6.45, 7) is 3.96. The van der Waals surface area contributed by atoms with Gasteiger partial charge in [0.15, 0.2) is 5.65 Å². The number of rotatable bonds is 5. The highest BCUT2D eigenvalue weighted by Gasteiger charge is 2.21. The van der Waals surface area contributed by atoms with Crippen LogP contribution in [0.15, 0.2) is 41.8 Å². The Morgan fingerprint density at radius 3 is 2.68 bits per heavy atom. The second kappa shape index (κ2) is 8.18. The predicted molar refractivity (Wildman–Crippen MR) is 109 cm³/mol. The maximum Gasteiger partial charge on any atom is 0.232 e. The van der Waals surface area contributed by atoms with E-state index in [4.69, 9.17) is 4.74 Å². The number of methoxy groups -OCH3 is 1. The summed E-state index contributed by atoms with van der Waals surface area (Å²) in [4.78, 5) is 23.3. The topological polar surface area (TPSA) is 73.1 Å². The summed E-state index contributed by atoms with van der Waals surface area (Å²) < 4.78 is 6.98. The maximum atomic E-state index is 12.5. The van der Waals surface area contributed by atoms with Crippen LogP contribution in [0.25, 0.3) is 16.7 Å². The first-order valence-electron chi connectivity index (χ1n) is 9.39. The predicted octanol–water partition coefficient (Wildman–Crippen LogP) is 3.17. The van der Waals surface area contributed by atoms with Crippen molar-refractivity contribution in [2.24, 2.45) is 5.92 Å². The molecule has 1 fully saturated rings. The summed E-state index contributed by atoms with van der Waals surface area (Å²) in [5.41, 5.74) is 1.62. The molecule has 1 amide bonds. The van der Waals surface area contributed by atoms with Gasteiger partial charge in [0.05, 0.1) is 30.1 Å². The number of amides is 1. The highest BCUT2D eigenvalue weighted by Crippen LogP contribution is 2.27. The molecule has 1 aliphatic heterocycles. The summed E-state index contributed by atoms with van der Waals surface area (Å²) in [5.74, 6) is 2.05. The SMILES string of the molecule is COc1ccc(-n2ncc3c(SCC(=O)N4CCC(C)CC4)ncnc32)cc1. The number of thioether (sulfide) groups is 1. The highest BCUT2D eigenvalue weighted by molar-refractivity contribution is 8.00. The van der Waals surface area contributed by atoms with Gasteiger partial charge in [-0.15, -0.1) is 0 Å². The molecule has 0 aliphatic carbocycles. The average Bonchev–Trinajstić information content (AvgIpc) is 3.17. The maximum absolute atomic E-state index is 12.5. The van der Waals surface area contributed by atoms with E-state index < -0.39 is 0 Å². The Hall–Kier alpha value is -2.61. The molecular weight excluding hydrogens is 374 g/mol. The van der Waals surface area contributed by atoms with Gasteiger partial charge in [-0.25, -0.2) is 14.6 Å². The third kappa shape index (κ3) is 3.82. The van der Waals surface area contributed by atoms with Crippen molar-refractivity contribution in [3.63, 3.8) is 0 Å². The Morgan fingerprint density at radius 1 is 1.21 bits per heavy atom. The Kier molecular flexibility index (Phi) is 5.47. The molecule has 1 saturated heterocycles.